The summed E-state index contributed by atoms with van der Waals surface area (Å²) in [5, 5.41) is 7.87. The predicted octanol–water partition coefficient (Wildman–Crippen LogP) is 5.54. The van der Waals surface area contributed by atoms with Gasteiger partial charge in [0.2, 0.25) is 5.91 Å². The number of rotatable bonds is 4. The number of hydrogen-bond acceptors (Lipinski definition) is 2. The minimum atomic E-state index is -5.05. The van der Waals surface area contributed by atoms with Gasteiger partial charge in [-0.1, -0.05) is 52.5 Å². The molecule has 0 aromatic heterocycles. The third-order valence-electron chi connectivity index (χ3n) is 4.97. The number of carboxylic acids is 1. The number of amides is 1. The van der Waals surface area contributed by atoms with Gasteiger partial charge in [0.1, 0.15) is 15.6 Å². The Kier molecular flexibility index (Phi) is 5.47. The summed E-state index contributed by atoms with van der Waals surface area (Å²) in [5.74, 6) is -5.03. The molecule has 2 atom stereocenters. The first-order chi connectivity index (χ1) is 13.7. The van der Waals surface area contributed by atoms with Crippen LogP contribution in [0.25, 0.3) is 0 Å². The third-order valence-corrected chi connectivity index (χ3v) is 6.70. The van der Waals surface area contributed by atoms with Crippen LogP contribution in [-0.4, -0.2) is 21.3 Å². The molecule has 2 aromatic carbocycles. The van der Waals surface area contributed by atoms with Gasteiger partial charge in [-0.05, 0) is 35.4 Å². The molecule has 0 radical (unpaired) electrons. The molecule has 1 fully saturated rings. The average molecular weight is 505 g/mol. The summed E-state index contributed by atoms with van der Waals surface area (Å²) < 4.78 is 51.9. The van der Waals surface area contributed by atoms with Gasteiger partial charge in [-0.25, -0.2) is 9.18 Å². The second-order valence-corrected chi connectivity index (χ2v) is 8.76. The zero-order chi connectivity index (χ0) is 22.8. The number of hydrogen-bond donors (Lipinski definition) is 2. The molecule has 12 heteroatoms. The van der Waals surface area contributed by atoms with E-state index in [0.717, 1.165) is 18.2 Å². The molecule has 3 N–H and O–H groups in total. The highest BCUT2D eigenvalue weighted by Gasteiger charge is 2.81. The Morgan fingerprint density at radius 1 is 1.10 bits per heavy atom. The first-order valence-electron chi connectivity index (χ1n) is 7.94. The standard InChI is InChI=1S/C18H9Cl4F4NO3/c19-10-3-6(1-2-11(10)23)13-16(15(27)30,17(13,21)22)7-4-8(14(28)29)12(20)9(5-7)18(24,25)26/h1-5,13H,(H2,27,30)(H,28,29). The van der Waals surface area contributed by atoms with Gasteiger partial charge in [0.25, 0.3) is 0 Å². The van der Waals surface area contributed by atoms with E-state index in [1.165, 1.54) is 6.07 Å². The van der Waals surface area contributed by atoms with Crippen LogP contribution in [0.4, 0.5) is 17.6 Å². The largest absolute Gasteiger partial charge is 0.478 e. The molecule has 0 heterocycles. The van der Waals surface area contributed by atoms with E-state index in [2.05, 4.69) is 0 Å². The molecule has 1 saturated carbocycles. The predicted molar refractivity (Wildman–Crippen MR) is 103 cm³/mol. The van der Waals surface area contributed by atoms with E-state index in [1.54, 1.807) is 0 Å². The second kappa shape index (κ2) is 7.15. The van der Waals surface area contributed by atoms with Gasteiger partial charge in [-0.3, -0.25) is 4.79 Å². The Bertz CT molecular complexity index is 1090. The van der Waals surface area contributed by atoms with E-state index in [4.69, 9.17) is 52.1 Å². The van der Waals surface area contributed by atoms with Crippen molar-refractivity contribution in [2.75, 3.05) is 0 Å². The number of nitrogens with two attached hydrogens (primary N) is 1. The monoisotopic (exact) mass is 503 g/mol. The lowest BCUT2D eigenvalue weighted by Crippen LogP contribution is -2.34. The van der Waals surface area contributed by atoms with Crippen molar-refractivity contribution in [3.63, 3.8) is 0 Å². The molecular formula is C18H9Cl4F4NO3. The summed E-state index contributed by atoms with van der Waals surface area (Å²) in [6, 6.07) is 4.48. The van der Waals surface area contributed by atoms with E-state index < -0.39 is 61.2 Å². The molecule has 1 aliphatic carbocycles. The van der Waals surface area contributed by atoms with Crippen LogP contribution in [0.15, 0.2) is 30.3 Å². The SMILES string of the molecule is NC(=O)C1(c2cc(C(=O)O)c(Cl)c(C(F)(F)F)c2)C(c2ccc(F)c(Cl)c2)C1(Cl)Cl. The third kappa shape index (κ3) is 3.21. The molecule has 1 aliphatic rings. The van der Waals surface area contributed by atoms with E-state index in [1.807, 2.05) is 0 Å². The Morgan fingerprint density at radius 3 is 2.17 bits per heavy atom. The first kappa shape index (κ1) is 22.9. The van der Waals surface area contributed by atoms with E-state index >= 15 is 0 Å². The van der Waals surface area contributed by atoms with Crippen LogP contribution in [0.3, 0.4) is 0 Å². The highest BCUT2D eigenvalue weighted by atomic mass is 35.5. The topological polar surface area (TPSA) is 80.4 Å². The Labute approximate surface area is 186 Å². The molecule has 0 aliphatic heterocycles. The molecule has 2 aromatic rings. The molecule has 4 nitrogen and oxygen atoms in total. The molecule has 1 amide bonds. The van der Waals surface area contributed by atoms with Gasteiger partial charge in [0.05, 0.1) is 21.2 Å². The summed E-state index contributed by atoms with van der Waals surface area (Å²) in [5.41, 5.74) is 0.508. The maximum Gasteiger partial charge on any atom is 0.417 e. The minimum absolute atomic E-state index is 0.116. The summed E-state index contributed by atoms with van der Waals surface area (Å²) >= 11 is 24.0. The highest BCUT2D eigenvalue weighted by Crippen LogP contribution is 2.74. The fourth-order valence-electron chi connectivity index (χ4n) is 3.58. The Morgan fingerprint density at radius 2 is 1.70 bits per heavy atom. The number of alkyl halides is 5. The maximum atomic E-state index is 13.5. The van der Waals surface area contributed by atoms with Crippen molar-refractivity contribution >= 4 is 58.3 Å². The zero-order valence-corrected chi connectivity index (χ0v) is 17.4. The second-order valence-electron chi connectivity index (χ2n) is 6.59. The number of benzene rings is 2. The lowest BCUT2D eigenvalue weighted by Gasteiger charge is -2.20. The lowest BCUT2D eigenvalue weighted by atomic mass is 9.87. The summed E-state index contributed by atoms with van der Waals surface area (Å²) in [6.45, 7) is 0. The normalized spacial score (nSPS) is 22.6. The smallest absolute Gasteiger partial charge is 0.417 e. The van der Waals surface area contributed by atoms with Gasteiger partial charge in [-0.15, -0.1) is 0 Å². The van der Waals surface area contributed by atoms with Gasteiger partial charge in [0.15, 0.2) is 0 Å². The molecular weight excluding hydrogens is 496 g/mol. The van der Waals surface area contributed by atoms with Crippen molar-refractivity contribution in [3.05, 3.63) is 68.4 Å². The number of primary amides is 1. The van der Waals surface area contributed by atoms with Gasteiger partial charge in [0, 0.05) is 5.92 Å². The van der Waals surface area contributed by atoms with Crippen LogP contribution in [-0.2, 0) is 16.4 Å². The number of carboxylic acid groups (broad SMARTS) is 1. The minimum Gasteiger partial charge on any atom is -0.478 e. The maximum absolute atomic E-state index is 13.5. The van der Waals surface area contributed by atoms with Crippen LogP contribution >= 0.6 is 46.4 Å². The first-order valence-corrected chi connectivity index (χ1v) is 9.45. The number of carbonyl (C=O) groups excluding carboxylic acids is 1. The van der Waals surface area contributed by atoms with Gasteiger partial charge < -0.3 is 10.8 Å². The molecule has 30 heavy (non-hydrogen) atoms. The number of carbonyl (C=O) groups is 2. The molecule has 0 bridgehead atoms. The van der Waals surface area contributed by atoms with Crippen molar-refractivity contribution < 1.29 is 32.3 Å². The van der Waals surface area contributed by atoms with Crippen molar-refractivity contribution in [1.82, 2.24) is 0 Å². The molecule has 0 saturated heterocycles. The van der Waals surface area contributed by atoms with Crippen molar-refractivity contribution in [2.45, 2.75) is 21.8 Å². The molecule has 2 unspecified atom stereocenters. The Balaban J connectivity index is 2.32. The van der Waals surface area contributed by atoms with Gasteiger partial charge in [-0.2, -0.15) is 13.2 Å². The van der Waals surface area contributed by atoms with Crippen LogP contribution in [0.2, 0.25) is 10.0 Å². The lowest BCUT2D eigenvalue weighted by molar-refractivity contribution is -0.137. The zero-order valence-electron chi connectivity index (χ0n) is 14.3. The fourth-order valence-corrected chi connectivity index (χ4v) is 5.16. The summed E-state index contributed by atoms with van der Waals surface area (Å²) in [7, 11) is 0. The average Bonchev–Trinajstić information content (AvgIpc) is 3.14. The fraction of sp³-hybridized carbons (Fsp3) is 0.222. The van der Waals surface area contributed by atoms with Gasteiger partial charge >= 0.3 is 12.1 Å². The molecule has 3 rings (SSSR count). The Hall–Kier alpha value is -1.74. The van der Waals surface area contributed by atoms with Crippen molar-refractivity contribution in [3.8, 4) is 0 Å². The van der Waals surface area contributed by atoms with E-state index in [0.29, 0.717) is 6.07 Å². The quantitative estimate of drug-likeness (QED) is 0.423. The summed E-state index contributed by atoms with van der Waals surface area (Å²) in [4.78, 5) is 23.9. The summed E-state index contributed by atoms with van der Waals surface area (Å²) in [6.07, 6.45) is -5.05. The van der Waals surface area contributed by atoms with Crippen molar-refractivity contribution in [1.29, 1.82) is 0 Å². The van der Waals surface area contributed by atoms with E-state index in [9.17, 15) is 32.3 Å². The number of aromatic carboxylic acids is 1. The molecule has 0 spiro atoms. The van der Waals surface area contributed by atoms with Crippen LogP contribution in [0.1, 0.15) is 33.0 Å². The number of halogens is 8. The van der Waals surface area contributed by atoms with Crippen LogP contribution < -0.4 is 5.73 Å². The highest BCUT2D eigenvalue weighted by molar-refractivity contribution is 6.55. The van der Waals surface area contributed by atoms with Crippen molar-refractivity contribution in [2.24, 2.45) is 5.73 Å². The van der Waals surface area contributed by atoms with Crippen LogP contribution in [0, 0.1) is 5.82 Å². The van der Waals surface area contributed by atoms with E-state index in [-0.39, 0.29) is 10.6 Å². The molecule has 160 valence electrons. The van der Waals surface area contributed by atoms with Crippen LogP contribution in [0.5, 0.6) is 0 Å².